The van der Waals surface area contributed by atoms with Crippen molar-refractivity contribution in [1.29, 1.82) is 0 Å². The maximum absolute atomic E-state index is 12.4. The first kappa shape index (κ1) is 12.4. The number of aromatic nitrogens is 2. The number of aliphatic hydroxyl groups excluding tert-OH is 1. The first-order valence-corrected chi connectivity index (χ1v) is 6.53. The molecule has 1 aromatic heterocycles. The normalized spacial score (nSPS) is 22.3. The monoisotopic (exact) mass is 279 g/mol. The summed E-state index contributed by atoms with van der Waals surface area (Å²) in [5.41, 5.74) is 1.16. The molecule has 0 bridgehead atoms. The number of carbonyl (C=O) groups is 1. The minimum atomic E-state index is -0.286. The summed E-state index contributed by atoms with van der Waals surface area (Å²) >= 11 is 5.95. The molecule has 1 heterocycles. The van der Waals surface area contributed by atoms with Crippen molar-refractivity contribution in [2.24, 2.45) is 0 Å². The number of nitrogens with one attached hydrogen (secondary N) is 1. The third kappa shape index (κ3) is 2.09. The van der Waals surface area contributed by atoms with Crippen LogP contribution in [0.5, 0.6) is 0 Å². The predicted octanol–water partition coefficient (Wildman–Crippen LogP) is 1.81. The van der Waals surface area contributed by atoms with Crippen LogP contribution in [0.15, 0.2) is 18.2 Å². The van der Waals surface area contributed by atoms with E-state index < -0.39 is 0 Å². The van der Waals surface area contributed by atoms with Gasteiger partial charge in [-0.1, -0.05) is 11.6 Å². The third-order valence-electron chi connectivity index (χ3n) is 3.68. The van der Waals surface area contributed by atoms with Crippen molar-refractivity contribution in [3.63, 3.8) is 0 Å². The van der Waals surface area contributed by atoms with Crippen LogP contribution in [-0.4, -0.2) is 45.3 Å². The van der Waals surface area contributed by atoms with E-state index in [1.807, 2.05) is 0 Å². The maximum Gasteiger partial charge on any atom is 0.274 e. The number of rotatable bonds is 2. The van der Waals surface area contributed by atoms with Crippen LogP contribution in [0.1, 0.15) is 23.3 Å². The smallest absolute Gasteiger partial charge is 0.274 e. The first-order chi connectivity index (χ1) is 9.06. The fourth-order valence-corrected chi connectivity index (χ4v) is 2.53. The molecule has 0 atom stereocenters. The van der Waals surface area contributed by atoms with Gasteiger partial charge in [-0.15, -0.1) is 0 Å². The summed E-state index contributed by atoms with van der Waals surface area (Å²) in [5, 5.41) is 17.5. The van der Waals surface area contributed by atoms with Crippen LogP contribution < -0.4 is 0 Å². The van der Waals surface area contributed by atoms with Gasteiger partial charge in [0.25, 0.3) is 5.91 Å². The molecule has 0 radical (unpaired) electrons. The molecule has 1 aliphatic rings. The summed E-state index contributed by atoms with van der Waals surface area (Å²) in [7, 11) is 1.74. The van der Waals surface area contributed by atoms with E-state index in [9.17, 15) is 9.90 Å². The Hall–Kier alpha value is -1.59. The molecular weight excluding hydrogens is 266 g/mol. The van der Waals surface area contributed by atoms with Crippen molar-refractivity contribution in [2.75, 3.05) is 7.05 Å². The maximum atomic E-state index is 12.4. The van der Waals surface area contributed by atoms with Crippen LogP contribution in [0.2, 0.25) is 5.02 Å². The van der Waals surface area contributed by atoms with Gasteiger partial charge in [0.15, 0.2) is 5.69 Å². The topological polar surface area (TPSA) is 69.2 Å². The van der Waals surface area contributed by atoms with Crippen LogP contribution in [0.25, 0.3) is 10.9 Å². The highest BCUT2D eigenvalue weighted by molar-refractivity contribution is 6.31. The van der Waals surface area contributed by atoms with Gasteiger partial charge in [0.1, 0.15) is 0 Å². The number of carbonyl (C=O) groups excluding carboxylic acids is 1. The van der Waals surface area contributed by atoms with Crippen LogP contribution in [-0.2, 0) is 0 Å². The summed E-state index contributed by atoms with van der Waals surface area (Å²) in [4.78, 5) is 14.0. The van der Waals surface area contributed by atoms with Crippen molar-refractivity contribution >= 4 is 28.4 Å². The molecule has 0 spiro atoms. The Morgan fingerprint density at radius 1 is 1.53 bits per heavy atom. The number of hydrogen-bond donors (Lipinski definition) is 2. The average Bonchev–Trinajstić information content (AvgIpc) is 2.76. The lowest BCUT2D eigenvalue weighted by Crippen LogP contribution is -2.47. The van der Waals surface area contributed by atoms with Crippen LogP contribution in [0.4, 0.5) is 0 Å². The van der Waals surface area contributed by atoms with Gasteiger partial charge in [0.2, 0.25) is 0 Å². The lowest BCUT2D eigenvalue weighted by molar-refractivity contribution is 0.0130. The Labute approximate surface area is 115 Å². The van der Waals surface area contributed by atoms with E-state index in [2.05, 4.69) is 10.2 Å². The minimum absolute atomic E-state index is 0.0911. The molecule has 1 fully saturated rings. The Kier molecular flexibility index (Phi) is 2.95. The standard InChI is InChI=1S/C13H14ClN3O2/c1-17(8-5-9(18)6-8)13(19)12-10-4-7(14)2-3-11(10)15-16-12/h2-4,8-9,18H,5-6H2,1H3,(H,15,16). The second kappa shape index (κ2) is 4.51. The van der Waals surface area contributed by atoms with Crippen LogP contribution >= 0.6 is 11.6 Å². The number of hydrogen-bond acceptors (Lipinski definition) is 3. The summed E-state index contributed by atoms with van der Waals surface area (Å²) in [6, 6.07) is 5.38. The third-order valence-corrected chi connectivity index (χ3v) is 3.92. The van der Waals surface area contributed by atoms with Crippen molar-refractivity contribution in [1.82, 2.24) is 15.1 Å². The van der Waals surface area contributed by atoms with Crippen molar-refractivity contribution in [2.45, 2.75) is 25.0 Å². The molecule has 5 nitrogen and oxygen atoms in total. The molecule has 0 aliphatic heterocycles. The second-order valence-corrected chi connectivity index (χ2v) is 5.39. The molecule has 6 heteroatoms. The first-order valence-electron chi connectivity index (χ1n) is 6.15. The zero-order valence-corrected chi connectivity index (χ0v) is 11.2. The number of nitrogens with zero attached hydrogens (tertiary/aromatic N) is 2. The van der Waals surface area contributed by atoms with Gasteiger partial charge in [-0.05, 0) is 31.0 Å². The number of amides is 1. The molecule has 1 aliphatic carbocycles. The van der Waals surface area contributed by atoms with Crippen molar-refractivity contribution < 1.29 is 9.90 Å². The molecule has 1 amide bonds. The van der Waals surface area contributed by atoms with Gasteiger partial charge in [-0.3, -0.25) is 9.89 Å². The SMILES string of the molecule is CN(C(=O)c1n[nH]c2ccc(Cl)cc12)C1CC(O)C1. The molecule has 0 saturated heterocycles. The van der Waals surface area contributed by atoms with E-state index in [1.165, 1.54) is 0 Å². The zero-order chi connectivity index (χ0) is 13.6. The number of aromatic amines is 1. The van der Waals surface area contributed by atoms with E-state index in [4.69, 9.17) is 11.6 Å². The summed E-state index contributed by atoms with van der Waals surface area (Å²) in [6.45, 7) is 0. The van der Waals surface area contributed by atoms with E-state index in [0.29, 0.717) is 23.6 Å². The Balaban J connectivity index is 1.91. The van der Waals surface area contributed by atoms with Gasteiger partial charge < -0.3 is 10.0 Å². The summed E-state index contributed by atoms with van der Waals surface area (Å²) < 4.78 is 0. The Morgan fingerprint density at radius 2 is 2.26 bits per heavy atom. The minimum Gasteiger partial charge on any atom is -0.393 e. The number of H-pyrrole nitrogens is 1. The highest BCUT2D eigenvalue weighted by Gasteiger charge is 2.34. The number of benzene rings is 1. The fraction of sp³-hybridized carbons (Fsp3) is 0.385. The molecular formula is C13H14ClN3O2. The molecule has 19 heavy (non-hydrogen) atoms. The highest BCUT2D eigenvalue weighted by Crippen LogP contribution is 2.27. The molecule has 100 valence electrons. The van der Waals surface area contributed by atoms with Gasteiger partial charge in [-0.25, -0.2) is 0 Å². The average molecular weight is 280 g/mol. The molecule has 0 unspecified atom stereocenters. The van der Waals surface area contributed by atoms with Gasteiger partial charge in [-0.2, -0.15) is 5.10 Å². The summed E-state index contributed by atoms with van der Waals surface area (Å²) in [6.07, 6.45) is 0.974. The number of halogens is 1. The van der Waals surface area contributed by atoms with E-state index in [1.54, 1.807) is 30.1 Å². The molecule has 2 N–H and O–H groups in total. The Morgan fingerprint density at radius 3 is 2.95 bits per heavy atom. The zero-order valence-electron chi connectivity index (χ0n) is 10.4. The highest BCUT2D eigenvalue weighted by atomic mass is 35.5. The number of fused-ring (bicyclic) bond motifs is 1. The van der Waals surface area contributed by atoms with E-state index >= 15 is 0 Å². The van der Waals surface area contributed by atoms with Crippen LogP contribution in [0.3, 0.4) is 0 Å². The largest absolute Gasteiger partial charge is 0.393 e. The van der Waals surface area contributed by atoms with Crippen LogP contribution in [0, 0.1) is 0 Å². The summed E-state index contributed by atoms with van der Waals surface area (Å²) in [5.74, 6) is -0.148. The van der Waals surface area contributed by atoms with Gasteiger partial charge in [0.05, 0.1) is 11.6 Å². The molecule has 1 aromatic carbocycles. The van der Waals surface area contributed by atoms with E-state index in [0.717, 1.165) is 10.9 Å². The van der Waals surface area contributed by atoms with Gasteiger partial charge in [0, 0.05) is 23.5 Å². The lowest BCUT2D eigenvalue weighted by atomic mass is 9.88. The molecule has 3 rings (SSSR count). The van der Waals surface area contributed by atoms with E-state index in [-0.39, 0.29) is 18.1 Å². The Bertz CT molecular complexity index is 634. The number of aliphatic hydroxyl groups is 1. The lowest BCUT2D eigenvalue weighted by Gasteiger charge is -2.38. The van der Waals surface area contributed by atoms with Gasteiger partial charge >= 0.3 is 0 Å². The fourth-order valence-electron chi connectivity index (χ4n) is 2.36. The molecule has 2 aromatic rings. The predicted molar refractivity (Wildman–Crippen MR) is 72.2 cm³/mol. The van der Waals surface area contributed by atoms with Crippen molar-refractivity contribution in [3.8, 4) is 0 Å². The molecule has 1 saturated carbocycles. The van der Waals surface area contributed by atoms with Crippen molar-refractivity contribution in [3.05, 3.63) is 28.9 Å². The quantitative estimate of drug-likeness (QED) is 0.881. The second-order valence-electron chi connectivity index (χ2n) is 4.96.